The molecule has 2 unspecified atom stereocenters. The Morgan fingerprint density at radius 2 is 1.33 bits per heavy atom. The van der Waals surface area contributed by atoms with Gasteiger partial charge in [0.25, 0.3) is 0 Å². The molecule has 0 aliphatic heterocycles. The van der Waals surface area contributed by atoms with E-state index in [9.17, 15) is 9.90 Å². The normalized spacial score (nSPS) is 12.3. The minimum atomic E-state index is -1.44. The van der Waals surface area contributed by atoms with E-state index in [1.54, 1.807) is 18.2 Å². The van der Waals surface area contributed by atoms with Crippen molar-refractivity contribution in [2.75, 3.05) is 0 Å². The highest BCUT2D eigenvalue weighted by Gasteiger charge is 2.24. The second-order valence-electron chi connectivity index (χ2n) is 6.56. The molecule has 30 heavy (non-hydrogen) atoms. The summed E-state index contributed by atoms with van der Waals surface area (Å²) in [6.45, 7) is 0.645. The Labute approximate surface area is 181 Å². The Hall–Kier alpha value is -3.06. The number of aliphatic hydroxyl groups is 1. The van der Waals surface area contributed by atoms with Gasteiger partial charge >= 0.3 is 5.97 Å². The molecule has 3 rings (SSSR count). The van der Waals surface area contributed by atoms with E-state index in [4.69, 9.17) is 20.3 Å². The minimum Gasteiger partial charge on any atom is -0.485 e. The van der Waals surface area contributed by atoms with Crippen molar-refractivity contribution >= 4 is 18.4 Å². The first-order valence-electron chi connectivity index (χ1n) is 9.18. The van der Waals surface area contributed by atoms with Crippen LogP contribution in [0.1, 0.15) is 22.8 Å². The molecule has 6 nitrogen and oxygen atoms in total. The number of aliphatic hydroxyl groups excluding tert-OH is 1. The van der Waals surface area contributed by atoms with Crippen LogP contribution in [-0.4, -0.2) is 22.2 Å². The van der Waals surface area contributed by atoms with Gasteiger partial charge in [0.15, 0.2) is 11.5 Å². The second kappa shape index (κ2) is 11.2. The lowest BCUT2D eigenvalue weighted by Gasteiger charge is -2.18. The van der Waals surface area contributed by atoms with Crippen molar-refractivity contribution in [2.45, 2.75) is 25.4 Å². The average Bonchev–Trinajstić information content (AvgIpc) is 2.76. The number of aliphatic carboxylic acids is 1. The number of halogens is 1. The van der Waals surface area contributed by atoms with Gasteiger partial charge in [0.1, 0.15) is 25.4 Å². The van der Waals surface area contributed by atoms with Crippen LogP contribution in [0.25, 0.3) is 0 Å². The third-order valence-electron chi connectivity index (χ3n) is 4.41. The Bertz CT molecular complexity index is 937. The Kier molecular flexibility index (Phi) is 8.68. The number of hydrogen-bond donors (Lipinski definition) is 3. The van der Waals surface area contributed by atoms with Gasteiger partial charge in [-0.2, -0.15) is 0 Å². The minimum absolute atomic E-state index is 0. The first-order valence-corrected chi connectivity index (χ1v) is 9.18. The first-order chi connectivity index (χ1) is 14.0. The molecule has 0 aromatic heterocycles. The maximum absolute atomic E-state index is 11.1. The number of nitrogens with two attached hydrogens (primary N) is 1. The molecule has 0 amide bonds. The predicted octanol–water partition coefficient (Wildman–Crippen LogP) is 3.71. The maximum Gasteiger partial charge on any atom is 0.323 e. The van der Waals surface area contributed by atoms with Crippen LogP contribution in [0.3, 0.4) is 0 Å². The van der Waals surface area contributed by atoms with E-state index in [0.29, 0.717) is 30.3 Å². The maximum atomic E-state index is 11.1. The molecule has 0 fully saturated rings. The first kappa shape index (κ1) is 23.2. The number of carboxylic acid groups (broad SMARTS) is 1. The Balaban J connectivity index is 0.00000320. The lowest BCUT2D eigenvalue weighted by Crippen LogP contribution is -2.36. The van der Waals surface area contributed by atoms with Crippen molar-refractivity contribution < 1.29 is 24.5 Å². The van der Waals surface area contributed by atoms with E-state index < -0.39 is 18.1 Å². The number of rotatable bonds is 9. The van der Waals surface area contributed by atoms with Crippen molar-refractivity contribution in [3.63, 3.8) is 0 Å². The highest BCUT2D eigenvalue weighted by molar-refractivity contribution is 5.85. The van der Waals surface area contributed by atoms with Crippen molar-refractivity contribution in [1.82, 2.24) is 0 Å². The molecule has 4 N–H and O–H groups in total. The molecule has 0 aliphatic carbocycles. The molecule has 7 heteroatoms. The van der Waals surface area contributed by atoms with E-state index in [2.05, 4.69) is 0 Å². The van der Waals surface area contributed by atoms with Gasteiger partial charge in [-0.15, -0.1) is 12.4 Å². The summed E-state index contributed by atoms with van der Waals surface area (Å²) >= 11 is 0. The molecule has 0 saturated heterocycles. The predicted molar refractivity (Wildman–Crippen MR) is 116 cm³/mol. The smallest absolute Gasteiger partial charge is 0.323 e. The lowest BCUT2D eigenvalue weighted by atomic mass is 10.0. The van der Waals surface area contributed by atoms with Crippen LogP contribution < -0.4 is 15.2 Å². The molecule has 0 saturated carbocycles. The van der Waals surface area contributed by atoms with Gasteiger partial charge in [0, 0.05) is 0 Å². The van der Waals surface area contributed by atoms with Gasteiger partial charge < -0.3 is 25.4 Å². The van der Waals surface area contributed by atoms with Crippen LogP contribution in [0.5, 0.6) is 11.5 Å². The quantitative estimate of drug-likeness (QED) is 0.479. The average molecular weight is 430 g/mol. The molecule has 0 spiro atoms. The zero-order chi connectivity index (χ0) is 20.6. The van der Waals surface area contributed by atoms with Gasteiger partial charge in [0.2, 0.25) is 0 Å². The largest absolute Gasteiger partial charge is 0.485 e. The third kappa shape index (κ3) is 6.22. The van der Waals surface area contributed by atoms with Crippen LogP contribution >= 0.6 is 12.4 Å². The van der Waals surface area contributed by atoms with Gasteiger partial charge in [-0.25, -0.2) is 0 Å². The highest BCUT2D eigenvalue weighted by atomic mass is 35.5. The molecular weight excluding hydrogens is 406 g/mol. The molecule has 3 aromatic rings. The summed E-state index contributed by atoms with van der Waals surface area (Å²) in [5.41, 5.74) is 7.87. The molecule has 0 heterocycles. The van der Waals surface area contributed by atoms with Gasteiger partial charge in [-0.05, 0) is 28.8 Å². The second-order valence-corrected chi connectivity index (χ2v) is 6.56. The zero-order valence-corrected chi connectivity index (χ0v) is 17.0. The van der Waals surface area contributed by atoms with Crippen LogP contribution in [0.15, 0.2) is 78.9 Å². The topological polar surface area (TPSA) is 102 Å². The van der Waals surface area contributed by atoms with Crippen LogP contribution in [0, 0.1) is 0 Å². The van der Waals surface area contributed by atoms with Crippen LogP contribution in [0.4, 0.5) is 0 Å². The summed E-state index contributed by atoms with van der Waals surface area (Å²) in [6.07, 6.45) is -1.37. The number of carboxylic acids is 1. The van der Waals surface area contributed by atoms with E-state index in [-0.39, 0.29) is 12.4 Å². The molecule has 0 radical (unpaired) electrons. The SMILES string of the molecule is Cl.NC(C(=O)O)C(O)c1ccc(OCc2ccccc2)c(OCc2ccccc2)c1. The summed E-state index contributed by atoms with van der Waals surface area (Å²) in [4.78, 5) is 11.1. The molecule has 0 aliphatic rings. The van der Waals surface area contributed by atoms with Crippen LogP contribution in [-0.2, 0) is 18.0 Å². The third-order valence-corrected chi connectivity index (χ3v) is 4.41. The van der Waals surface area contributed by atoms with Crippen molar-refractivity contribution in [1.29, 1.82) is 0 Å². The number of benzene rings is 3. The van der Waals surface area contributed by atoms with E-state index in [1.165, 1.54) is 0 Å². The van der Waals surface area contributed by atoms with Crippen molar-refractivity contribution in [3.05, 3.63) is 95.6 Å². The zero-order valence-electron chi connectivity index (χ0n) is 16.2. The summed E-state index contributed by atoms with van der Waals surface area (Å²) in [7, 11) is 0. The number of carbonyl (C=O) groups is 1. The monoisotopic (exact) mass is 429 g/mol. The summed E-state index contributed by atoms with van der Waals surface area (Å²) < 4.78 is 11.8. The fourth-order valence-electron chi connectivity index (χ4n) is 2.75. The van der Waals surface area contributed by atoms with E-state index in [1.807, 2.05) is 60.7 Å². The fraction of sp³-hybridized carbons (Fsp3) is 0.174. The van der Waals surface area contributed by atoms with Crippen molar-refractivity contribution in [2.24, 2.45) is 5.73 Å². The highest BCUT2D eigenvalue weighted by Crippen LogP contribution is 2.32. The molecular formula is C23H24ClNO5. The van der Waals surface area contributed by atoms with Gasteiger partial charge in [-0.3, -0.25) is 4.79 Å². The number of ether oxygens (including phenoxy) is 2. The Morgan fingerprint density at radius 3 is 1.83 bits per heavy atom. The van der Waals surface area contributed by atoms with Crippen LogP contribution in [0.2, 0.25) is 0 Å². The van der Waals surface area contributed by atoms with E-state index >= 15 is 0 Å². The van der Waals surface area contributed by atoms with Gasteiger partial charge in [0.05, 0.1) is 0 Å². The summed E-state index contributed by atoms with van der Waals surface area (Å²) in [5, 5.41) is 19.3. The molecule has 158 valence electrons. The van der Waals surface area contributed by atoms with Gasteiger partial charge in [-0.1, -0.05) is 66.7 Å². The Morgan fingerprint density at radius 1 is 0.833 bits per heavy atom. The van der Waals surface area contributed by atoms with E-state index in [0.717, 1.165) is 11.1 Å². The molecule has 0 bridgehead atoms. The summed E-state index contributed by atoms with van der Waals surface area (Å²) in [6, 6.07) is 22.7. The lowest BCUT2D eigenvalue weighted by molar-refractivity contribution is -0.141. The summed E-state index contributed by atoms with van der Waals surface area (Å²) in [5.74, 6) is -0.391. The molecule has 3 aromatic carbocycles. The number of hydrogen-bond acceptors (Lipinski definition) is 5. The fourth-order valence-corrected chi connectivity index (χ4v) is 2.75. The standard InChI is InChI=1S/C23H23NO5.ClH/c24-21(23(26)27)22(25)18-11-12-19(28-14-16-7-3-1-4-8-16)20(13-18)29-15-17-9-5-2-6-10-17;/h1-13,21-22,25H,14-15,24H2,(H,26,27);1H. The molecule has 2 atom stereocenters. The van der Waals surface area contributed by atoms with Crippen molar-refractivity contribution in [3.8, 4) is 11.5 Å².